The van der Waals surface area contributed by atoms with Crippen LogP contribution in [0.1, 0.15) is 79.1 Å². The molecule has 0 aromatic carbocycles. The molecule has 0 aromatic heterocycles. The van der Waals surface area contributed by atoms with Crippen LogP contribution >= 0.6 is 0 Å². The fraction of sp³-hybridized carbons (Fsp3) is 1.00. The molecular formula is C18H36O2Si. The Hall–Kier alpha value is 0.137. The second kappa shape index (κ2) is 6.33. The van der Waals surface area contributed by atoms with Crippen molar-refractivity contribution in [3.63, 3.8) is 0 Å². The summed E-state index contributed by atoms with van der Waals surface area (Å²) in [6, 6.07) is 0. The maximum atomic E-state index is 6.31. The molecule has 0 heterocycles. The highest BCUT2D eigenvalue weighted by Crippen LogP contribution is 2.57. The Balaban J connectivity index is 2.30. The molecule has 0 N–H and O–H groups in total. The molecule has 2 nitrogen and oxygen atoms in total. The van der Waals surface area contributed by atoms with Crippen molar-refractivity contribution in [2.24, 2.45) is 10.8 Å². The summed E-state index contributed by atoms with van der Waals surface area (Å²) >= 11 is 0. The summed E-state index contributed by atoms with van der Waals surface area (Å²) in [5, 5.41) is 0. The van der Waals surface area contributed by atoms with E-state index in [2.05, 4.69) is 27.7 Å². The fourth-order valence-corrected chi connectivity index (χ4v) is 10.5. The molecule has 124 valence electrons. The van der Waals surface area contributed by atoms with E-state index in [9.17, 15) is 0 Å². The van der Waals surface area contributed by atoms with Gasteiger partial charge in [-0.1, -0.05) is 47.0 Å². The molecule has 0 aliphatic heterocycles. The van der Waals surface area contributed by atoms with Crippen molar-refractivity contribution in [2.75, 3.05) is 14.2 Å². The van der Waals surface area contributed by atoms with Gasteiger partial charge in [-0.2, -0.15) is 0 Å². The molecule has 0 bridgehead atoms. The van der Waals surface area contributed by atoms with E-state index in [1.54, 1.807) is 0 Å². The van der Waals surface area contributed by atoms with Crippen LogP contribution in [0.5, 0.6) is 0 Å². The van der Waals surface area contributed by atoms with Crippen LogP contribution < -0.4 is 0 Å². The van der Waals surface area contributed by atoms with Crippen molar-refractivity contribution in [1.82, 2.24) is 0 Å². The number of hydrogen-bond acceptors (Lipinski definition) is 2. The molecule has 2 fully saturated rings. The summed E-state index contributed by atoms with van der Waals surface area (Å²) in [5.74, 6) is 0. The largest absolute Gasteiger partial charge is 0.397 e. The third kappa shape index (κ3) is 3.40. The quantitative estimate of drug-likeness (QED) is 0.623. The highest BCUT2D eigenvalue weighted by atomic mass is 28.4. The van der Waals surface area contributed by atoms with Crippen LogP contribution in [-0.4, -0.2) is 22.8 Å². The average molecular weight is 313 g/mol. The lowest BCUT2D eigenvalue weighted by atomic mass is 9.76. The van der Waals surface area contributed by atoms with Crippen molar-refractivity contribution in [1.29, 1.82) is 0 Å². The summed E-state index contributed by atoms with van der Waals surface area (Å²) in [6.07, 6.45) is 10.6. The zero-order valence-corrected chi connectivity index (χ0v) is 16.1. The first-order valence-electron chi connectivity index (χ1n) is 8.88. The normalized spacial score (nSPS) is 32.9. The Morgan fingerprint density at radius 3 is 2.05 bits per heavy atom. The molecule has 2 unspecified atom stereocenters. The molecule has 3 heteroatoms. The lowest BCUT2D eigenvalue weighted by Gasteiger charge is -2.52. The van der Waals surface area contributed by atoms with Crippen molar-refractivity contribution >= 4 is 8.56 Å². The topological polar surface area (TPSA) is 18.5 Å². The van der Waals surface area contributed by atoms with Gasteiger partial charge < -0.3 is 8.85 Å². The van der Waals surface area contributed by atoms with Crippen molar-refractivity contribution in [2.45, 2.75) is 90.1 Å². The second-order valence-corrected chi connectivity index (χ2v) is 12.6. The van der Waals surface area contributed by atoms with Crippen LogP contribution in [0.2, 0.25) is 11.1 Å². The molecule has 2 rings (SSSR count). The monoisotopic (exact) mass is 312 g/mol. The maximum absolute atomic E-state index is 6.31. The summed E-state index contributed by atoms with van der Waals surface area (Å²) in [5.41, 5.74) is 2.14. The van der Waals surface area contributed by atoms with Gasteiger partial charge in [0.1, 0.15) is 0 Å². The smallest absolute Gasteiger partial charge is 0.344 e. The van der Waals surface area contributed by atoms with E-state index in [0.29, 0.717) is 21.9 Å². The molecule has 2 aliphatic rings. The molecule has 0 saturated heterocycles. The van der Waals surface area contributed by atoms with Crippen molar-refractivity contribution in [3.05, 3.63) is 0 Å². The van der Waals surface area contributed by atoms with Crippen LogP contribution in [0.4, 0.5) is 0 Å². The minimum Gasteiger partial charge on any atom is -0.397 e. The molecule has 2 aliphatic carbocycles. The Bertz CT molecular complexity index is 347. The Labute approximate surface area is 133 Å². The third-order valence-electron chi connectivity index (χ3n) is 6.41. The molecule has 2 atom stereocenters. The Kier molecular flexibility index (Phi) is 5.27. The summed E-state index contributed by atoms with van der Waals surface area (Å²) in [7, 11) is 1.70. The van der Waals surface area contributed by atoms with Crippen molar-refractivity contribution in [3.8, 4) is 0 Å². The Morgan fingerprint density at radius 2 is 1.52 bits per heavy atom. The molecule has 2 saturated carbocycles. The first-order valence-corrected chi connectivity index (χ1v) is 10.8. The predicted molar refractivity (Wildman–Crippen MR) is 91.8 cm³/mol. The lowest BCUT2D eigenvalue weighted by Crippen LogP contribution is -2.56. The van der Waals surface area contributed by atoms with Crippen LogP contribution in [-0.2, 0) is 8.85 Å². The van der Waals surface area contributed by atoms with Gasteiger partial charge in [-0.05, 0) is 42.9 Å². The van der Waals surface area contributed by atoms with Gasteiger partial charge in [-0.15, -0.1) is 0 Å². The molecule has 0 spiro atoms. The van der Waals surface area contributed by atoms with Gasteiger partial charge in [0.05, 0.1) is 0 Å². The van der Waals surface area contributed by atoms with Crippen LogP contribution in [0, 0.1) is 10.8 Å². The van der Waals surface area contributed by atoms with E-state index < -0.39 is 8.56 Å². The first kappa shape index (κ1) is 17.5. The van der Waals surface area contributed by atoms with Crippen molar-refractivity contribution < 1.29 is 8.85 Å². The van der Waals surface area contributed by atoms with Gasteiger partial charge in [-0.3, -0.25) is 0 Å². The molecule has 0 radical (unpaired) electrons. The molecule has 0 amide bonds. The zero-order valence-electron chi connectivity index (χ0n) is 15.1. The Morgan fingerprint density at radius 1 is 0.857 bits per heavy atom. The highest BCUT2D eigenvalue weighted by molar-refractivity contribution is 6.70. The first-order chi connectivity index (χ1) is 9.77. The third-order valence-corrected chi connectivity index (χ3v) is 11.4. The van der Waals surface area contributed by atoms with Crippen LogP contribution in [0.3, 0.4) is 0 Å². The molecular weight excluding hydrogens is 276 g/mol. The van der Waals surface area contributed by atoms with Gasteiger partial charge in [0, 0.05) is 25.3 Å². The van der Waals surface area contributed by atoms with E-state index in [4.69, 9.17) is 8.85 Å². The van der Waals surface area contributed by atoms with E-state index >= 15 is 0 Å². The van der Waals surface area contributed by atoms with Gasteiger partial charge in [0.25, 0.3) is 0 Å². The predicted octanol–water partition coefficient (Wildman–Crippen LogP) is 5.66. The van der Waals surface area contributed by atoms with Gasteiger partial charge >= 0.3 is 8.56 Å². The minimum absolute atomic E-state index is 0.373. The molecule has 21 heavy (non-hydrogen) atoms. The summed E-state index contributed by atoms with van der Waals surface area (Å²) < 4.78 is 12.6. The fourth-order valence-electron chi connectivity index (χ4n) is 5.27. The van der Waals surface area contributed by atoms with Gasteiger partial charge in [0.15, 0.2) is 0 Å². The standard InChI is InChI=1S/C18H36O2Si/c1-17(2)12-9-10-15(14-17)21(19-5,20-6)16-11-7-8-13-18(16,3)4/h15-16H,7-14H2,1-6H3. The van der Waals surface area contributed by atoms with E-state index in [0.717, 1.165) is 0 Å². The van der Waals surface area contributed by atoms with Gasteiger partial charge in [0.2, 0.25) is 0 Å². The van der Waals surface area contributed by atoms with Crippen LogP contribution in [0.15, 0.2) is 0 Å². The van der Waals surface area contributed by atoms with Gasteiger partial charge in [-0.25, -0.2) is 0 Å². The van der Waals surface area contributed by atoms with E-state index in [1.165, 1.54) is 51.4 Å². The van der Waals surface area contributed by atoms with E-state index in [-0.39, 0.29) is 0 Å². The minimum atomic E-state index is -2.17. The zero-order chi connectivity index (χ0) is 15.7. The highest BCUT2D eigenvalue weighted by Gasteiger charge is 2.57. The number of hydrogen-bond donors (Lipinski definition) is 0. The van der Waals surface area contributed by atoms with E-state index in [1.807, 2.05) is 14.2 Å². The maximum Gasteiger partial charge on any atom is 0.344 e. The summed E-state index contributed by atoms with van der Waals surface area (Å²) in [6.45, 7) is 9.75. The lowest BCUT2D eigenvalue weighted by molar-refractivity contribution is 0.125. The number of rotatable bonds is 4. The SMILES string of the molecule is CO[Si](OC)(C1CCCC(C)(C)C1)C1CCCCC1(C)C. The summed E-state index contributed by atoms with van der Waals surface area (Å²) in [4.78, 5) is 0. The second-order valence-electron chi connectivity index (χ2n) is 8.87. The average Bonchev–Trinajstić information content (AvgIpc) is 2.41. The van der Waals surface area contributed by atoms with Crippen LogP contribution in [0.25, 0.3) is 0 Å². The molecule has 0 aromatic rings.